The third kappa shape index (κ3) is 16.7. The Morgan fingerprint density at radius 3 is 2.21 bits per heavy atom. The Kier molecular flexibility index (Phi) is 20.6. The van der Waals surface area contributed by atoms with Gasteiger partial charge in [-0.05, 0) is 78.3 Å². The van der Waals surface area contributed by atoms with E-state index < -0.39 is 5.91 Å². The summed E-state index contributed by atoms with van der Waals surface area (Å²) < 4.78 is 9.76. The largest absolute Gasteiger partial charge is 0.478 e. The highest BCUT2D eigenvalue weighted by Gasteiger charge is 2.30. The number of carbonyl (C=O) groups excluding carboxylic acids is 3. The van der Waals surface area contributed by atoms with Crippen LogP contribution < -0.4 is 21.7 Å². The Morgan fingerprint density at radius 1 is 1.21 bits per heavy atom. The van der Waals surface area contributed by atoms with Crippen molar-refractivity contribution in [3.05, 3.63) is 34.9 Å². The zero-order valence-electron chi connectivity index (χ0n) is 24.8. The fourth-order valence-electron chi connectivity index (χ4n) is 3.71. The fourth-order valence-corrected chi connectivity index (χ4v) is 3.71. The van der Waals surface area contributed by atoms with Gasteiger partial charge < -0.3 is 41.4 Å². The summed E-state index contributed by atoms with van der Waals surface area (Å²) in [6.45, 7) is 12.1. The third-order valence-corrected chi connectivity index (χ3v) is 5.72. The minimum atomic E-state index is -0.701. The zero-order valence-corrected chi connectivity index (χ0v) is 24.8. The lowest BCUT2D eigenvalue weighted by Gasteiger charge is -2.25. The van der Waals surface area contributed by atoms with Crippen molar-refractivity contribution in [2.24, 2.45) is 17.6 Å². The van der Waals surface area contributed by atoms with Crippen molar-refractivity contribution in [3.63, 3.8) is 0 Å². The molecule has 10 heteroatoms. The number of likely N-dealkylation sites (N-methyl/N-ethyl adjacent to an activating group) is 1. The Morgan fingerprint density at radius 2 is 1.79 bits per heavy atom. The van der Waals surface area contributed by atoms with Crippen molar-refractivity contribution in [2.75, 3.05) is 27.9 Å². The van der Waals surface area contributed by atoms with Crippen LogP contribution in [0.5, 0.6) is 0 Å². The minimum Gasteiger partial charge on any atom is -0.478 e. The van der Waals surface area contributed by atoms with Crippen molar-refractivity contribution in [1.82, 2.24) is 16.0 Å². The van der Waals surface area contributed by atoms with Crippen LogP contribution in [0.25, 0.3) is 0 Å². The Labute approximate surface area is 229 Å². The van der Waals surface area contributed by atoms with E-state index in [0.717, 1.165) is 31.2 Å². The highest BCUT2D eigenvalue weighted by molar-refractivity contribution is 6.10. The van der Waals surface area contributed by atoms with Crippen molar-refractivity contribution in [1.29, 1.82) is 5.41 Å². The molecule has 0 aromatic carbocycles. The molecule has 0 spiro atoms. The summed E-state index contributed by atoms with van der Waals surface area (Å²) in [5.41, 5.74) is 8.23. The molecule has 38 heavy (non-hydrogen) atoms. The lowest BCUT2D eigenvalue weighted by molar-refractivity contribution is -0.114. The molecule has 1 fully saturated rings. The second-order valence-corrected chi connectivity index (χ2v) is 10.1. The van der Waals surface area contributed by atoms with E-state index in [1.807, 2.05) is 40.8 Å². The van der Waals surface area contributed by atoms with Crippen LogP contribution in [0.4, 0.5) is 0 Å². The van der Waals surface area contributed by atoms with Gasteiger partial charge in [-0.3, -0.25) is 9.59 Å². The minimum absolute atomic E-state index is 0.0116. The van der Waals surface area contributed by atoms with Gasteiger partial charge >= 0.3 is 0 Å². The van der Waals surface area contributed by atoms with Gasteiger partial charge in [0.1, 0.15) is 11.9 Å². The summed E-state index contributed by atoms with van der Waals surface area (Å²) in [5, 5.41) is 16.1. The Bertz CT molecular complexity index is 816. The van der Waals surface area contributed by atoms with Crippen LogP contribution in [0, 0.1) is 17.2 Å². The van der Waals surface area contributed by atoms with Crippen LogP contribution in [0.15, 0.2) is 34.9 Å². The highest BCUT2D eigenvalue weighted by Crippen LogP contribution is 2.41. The van der Waals surface area contributed by atoms with E-state index in [9.17, 15) is 9.59 Å². The smallest absolute Gasteiger partial charge is 0.255 e. The topological polar surface area (TPSA) is 156 Å². The van der Waals surface area contributed by atoms with Crippen LogP contribution >= 0.6 is 0 Å². The maximum Gasteiger partial charge on any atom is 0.255 e. The number of hydrogen-bond donors (Lipinski definition) is 5. The summed E-state index contributed by atoms with van der Waals surface area (Å²) in [4.78, 5) is 30.4. The zero-order chi connectivity index (χ0) is 29.7. The molecule has 0 saturated heterocycles. The molecule has 2 aliphatic rings. The van der Waals surface area contributed by atoms with Crippen LogP contribution in [0.2, 0.25) is 0 Å². The number of allylic oxidation sites excluding steroid dienone is 1. The average molecular weight is 538 g/mol. The van der Waals surface area contributed by atoms with Crippen molar-refractivity contribution < 1.29 is 23.9 Å². The van der Waals surface area contributed by atoms with Crippen molar-refractivity contribution in [3.8, 4) is 0 Å². The number of rotatable bonds is 11. The molecule has 218 valence electrons. The number of aldehydes is 1. The molecular formula is C28H51N5O5. The molecule has 2 rings (SSSR count). The predicted octanol–water partition coefficient (Wildman–Crippen LogP) is 3.20. The van der Waals surface area contributed by atoms with Gasteiger partial charge in [-0.1, -0.05) is 25.0 Å². The molecule has 0 aromatic rings. The van der Waals surface area contributed by atoms with Crippen LogP contribution in [-0.4, -0.2) is 64.3 Å². The number of fused-ring (bicyclic) bond motifs is 2. The quantitative estimate of drug-likeness (QED) is 0.0891. The van der Waals surface area contributed by atoms with Crippen LogP contribution in [0.1, 0.15) is 67.2 Å². The molecule has 2 atom stereocenters. The summed E-state index contributed by atoms with van der Waals surface area (Å²) >= 11 is 0. The molecule has 0 aromatic heterocycles. The fraction of sp³-hybridized carbons (Fsp3) is 0.643. The summed E-state index contributed by atoms with van der Waals surface area (Å²) in [7, 11) is 5.10. The standard InChI is InChI=1S/C14H26N4O2.C10H15NO.C2H6O.C2H4O/c1-10(2)9-20-13(11(8-15)12(16)19)18-7-6-14(3,4)17-5;1-7-2-8-3-9(7)5-10(4-8)11-6-12;1-3-2;1-2-3/h6-8,10,15,17-18H,9H2,1-5H3,(H2,16,19);6,8,10H,2-5H2,1H3,(H,11,12);1-2H3;2H,1H3/b7-6+,13-11-,15-8?;;;/t;8?,10-;;/m.0../s1. The average Bonchev–Trinajstić information content (AvgIpc) is 3.09. The molecule has 2 aliphatic carbocycles. The predicted molar refractivity (Wildman–Crippen MR) is 154 cm³/mol. The van der Waals surface area contributed by atoms with E-state index in [-0.39, 0.29) is 17.0 Å². The molecule has 0 heterocycles. The van der Waals surface area contributed by atoms with Gasteiger partial charge in [0, 0.05) is 38.2 Å². The maximum absolute atomic E-state index is 11.3. The van der Waals surface area contributed by atoms with Gasteiger partial charge in [0.25, 0.3) is 5.91 Å². The molecule has 6 N–H and O–H groups in total. The van der Waals surface area contributed by atoms with Gasteiger partial charge in [-0.25, -0.2) is 0 Å². The van der Waals surface area contributed by atoms with Crippen molar-refractivity contribution >= 4 is 24.8 Å². The summed E-state index contributed by atoms with van der Waals surface area (Å²) in [6, 6.07) is 0.425. The molecule has 2 amide bonds. The molecule has 1 unspecified atom stereocenters. The monoisotopic (exact) mass is 537 g/mol. The van der Waals surface area contributed by atoms with E-state index in [1.165, 1.54) is 26.2 Å². The molecule has 0 aliphatic heterocycles. The molecule has 10 nitrogen and oxygen atoms in total. The van der Waals surface area contributed by atoms with Crippen LogP contribution in [-0.2, 0) is 23.9 Å². The normalized spacial score (nSPS) is 18.5. The third-order valence-electron chi connectivity index (χ3n) is 5.72. The Hall–Kier alpha value is -2.98. The second kappa shape index (κ2) is 21.0. The molecular weight excluding hydrogens is 486 g/mol. The lowest BCUT2D eigenvalue weighted by atomic mass is 9.87. The molecule has 2 bridgehead atoms. The van der Waals surface area contributed by atoms with E-state index in [4.69, 9.17) is 20.7 Å². The highest BCUT2D eigenvalue weighted by atomic mass is 16.5. The lowest BCUT2D eigenvalue weighted by Crippen LogP contribution is -2.34. The van der Waals surface area contributed by atoms with Gasteiger partial charge in [-0.15, -0.1) is 0 Å². The van der Waals surface area contributed by atoms with E-state index >= 15 is 0 Å². The van der Waals surface area contributed by atoms with Crippen molar-refractivity contribution in [2.45, 2.75) is 78.8 Å². The van der Waals surface area contributed by atoms with E-state index in [2.05, 4.69) is 27.6 Å². The second-order valence-electron chi connectivity index (χ2n) is 10.1. The first-order chi connectivity index (χ1) is 17.9. The number of hydrogen-bond acceptors (Lipinski definition) is 8. The maximum atomic E-state index is 11.3. The van der Waals surface area contributed by atoms with E-state index in [0.29, 0.717) is 18.6 Å². The molecule has 1 saturated carbocycles. The summed E-state index contributed by atoms with van der Waals surface area (Å²) in [5.74, 6) is 0.618. The van der Waals surface area contributed by atoms with E-state index in [1.54, 1.807) is 31.6 Å². The first-order valence-electron chi connectivity index (χ1n) is 12.8. The number of nitrogens with two attached hydrogens (primary N) is 1. The van der Waals surface area contributed by atoms with Gasteiger partial charge in [0.2, 0.25) is 12.3 Å². The van der Waals surface area contributed by atoms with Gasteiger partial charge in [0.05, 0.1) is 6.61 Å². The summed E-state index contributed by atoms with van der Waals surface area (Å²) in [6.07, 6.45) is 10.9. The number of primary amides is 1. The first kappa shape index (κ1) is 37.2. The number of ether oxygens (including phenoxy) is 2. The van der Waals surface area contributed by atoms with Gasteiger partial charge in [0.15, 0.2) is 0 Å². The number of nitrogens with one attached hydrogen (secondary N) is 4. The SMILES string of the molecule is CC1=C2CC(C1)C[C@H](NC=O)C2.CC=O.CNC(C)(C)/C=C/N/C(OCC(C)C)=C(\C=N)C(N)=O.COC. The van der Waals surface area contributed by atoms with Gasteiger partial charge in [-0.2, -0.15) is 0 Å². The first-order valence-corrected chi connectivity index (χ1v) is 12.8. The number of carbonyl (C=O) groups is 3. The Balaban J connectivity index is 0. The van der Waals surface area contributed by atoms with Crippen LogP contribution in [0.3, 0.4) is 0 Å². The molecule has 0 radical (unpaired) electrons. The number of amides is 2. The number of methoxy groups -OCH3 is 1.